The molecule has 1 aliphatic rings. The number of aromatic nitrogens is 1. The number of aromatic hydroxyl groups is 1. The third kappa shape index (κ3) is 2.92. The minimum atomic E-state index is -0.370. The van der Waals surface area contributed by atoms with Crippen LogP contribution in [0.25, 0.3) is 11.0 Å². The lowest BCUT2D eigenvalue weighted by molar-refractivity contribution is 0.241. The van der Waals surface area contributed by atoms with E-state index >= 15 is 0 Å². The second-order valence-electron chi connectivity index (χ2n) is 7.09. The van der Waals surface area contributed by atoms with Gasteiger partial charge in [0, 0.05) is 43.0 Å². The van der Waals surface area contributed by atoms with Gasteiger partial charge in [0.15, 0.2) is 0 Å². The summed E-state index contributed by atoms with van der Waals surface area (Å²) in [6, 6.07) is 9.73. The van der Waals surface area contributed by atoms with Gasteiger partial charge < -0.3 is 14.1 Å². The van der Waals surface area contributed by atoms with E-state index in [9.17, 15) is 9.90 Å². The number of phenolic OH excluding ortho intramolecular Hbond substituents is 1. The van der Waals surface area contributed by atoms with Crippen LogP contribution in [-0.4, -0.2) is 21.1 Å². The number of aryl methyl sites for hydroxylation is 2. The molecule has 1 N–H and O–H groups in total. The molecule has 5 nitrogen and oxygen atoms in total. The van der Waals surface area contributed by atoms with Gasteiger partial charge in [0.1, 0.15) is 11.3 Å². The topological polar surface area (TPSA) is 58.6 Å². The van der Waals surface area contributed by atoms with Gasteiger partial charge in [0.2, 0.25) is 0 Å². The molecule has 1 aliphatic heterocycles. The Bertz CT molecular complexity index is 1000. The Labute approximate surface area is 152 Å². The first-order valence-electron chi connectivity index (χ1n) is 9.20. The van der Waals surface area contributed by atoms with Crippen molar-refractivity contribution in [3.8, 4) is 5.75 Å². The number of fused-ring (bicyclic) bond motifs is 1. The van der Waals surface area contributed by atoms with Gasteiger partial charge in [-0.15, -0.1) is 0 Å². The van der Waals surface area contributed by atoms with Crippen molar-refractivity contribution < 1.29 is 9.52 Å². The molecule has 0 amide bonds. The second kappa shape index (κ2) is 6.65. The SMILES string of the molecule is CCc1cc2c(CN3CCC[C@@H]3c3cccn3C)cc(=O)oc2cc1O. The summed E-state index contributed by atoms with van der Waals surface area (Å²) in [6.07, 6.45) is 5.08. The summed E-state index contributed by atoms with van der Waals surface area (Å²) in [5.41, 5.74) is 3.23. The van der Waals surface area contributed by atoms with E-state index in [0.717, 1.165) is 42.3 Å². The molecule has 1 saturated heterocycles. The van der Waals surface area contributed by atoms with Gasteiger partial charge in [-0.1, -0.05) is 6.92 Å². The van der Waals surface area contributed by atoms with Gasteiger partial charge in [0.05, 0.1) is 6.04 Å². The molecule has 0 radical (unpaired) electrons. The van der Waals surface area contributed by atoms with Gasteiger partial charge in [-0.2, -0.15) is 0 Å². The molecule has 1 fully saturated rings. The first-order chi connectivity index (χ1) is 12.6. The normalized spacial score (nSPS) is 18.0. The lowest BCUT2D eigenvalue weighted by atomic mass is 10.0. The fourth-order valence-electron chi connectivity index (χ4n) is 4.11. The van der Waals surface area contributed by atoms with E-state index < -0.39 is 0 Å². The lowest BCUT2D eigenvalue weighted by Gasteiger charge is -2.25. The van der Waals surface area contributed by atoms with Gasteiger partial charge in [-0.25, -0.2) is 4.79 Å². The molecule has 0 unspecified atom stereocenters. The average molecular weight is 352 g/mol. The molecule has 4 rings (SSSR count). The summed E-state index contributed by atoms with van der Waals surface area (Å²) in [6.45, 7) is 3.72. The van der Waals surface area contributed by atoms with Crippen LogP contribution in [0.2, 0.25) is 0 Å². The zero-order valence-electron chi connectivity index (χ0n) is 15.2. The number of benzene rings is 1. The molecule has 1 atom stereocenters. The number of phenols is 1. The van der Waals surface area contributed by atoms with Crippen molar-refractivity contribution >= 4 is 11.0 Å². The Balaban J connectivity index is 1.74. The van der Waals surface area contributed by atoms with Gasteiger partial charge >= 0.3 is 5.63 Å². The molecule has 136 valence electrons. The Morgan fingerprint density at radius 3 is 2.85 bits per heavy atom. The molecule has 26 heavy (non-hydrogen) atoms. The second-order valence-corrected chi connectivity index (χ2v) is 7.09. The van der Waals surface area contributed by atoms with Crippen LogP contribution in [0, 0.1) is 0 Å². The molecule has 1 aromatic carbocycles. The monoisotopic (exact) mass is 352 g/mol. The third-order valence-electron chi connectivity index (χ3n) is 5.47. The molecule has 0 aliphatic carbocycles. The highest BCUT2D eigenvalue weighted by Gasteiger charge is 2.28. The van der Waals surface area contributed by atoms with Crippen molar-refractivity contribution in [2.24, 2.45) is 7.05 Å². The zero-order valence-corrected chi connectivity index (χ0v) is 15.2. The van der Waals surface area contributed by atoms with Crippen molar-refractivity contribution in [1.82, 2.24) is 9.47 Å². The van der Waals surface area contributed by atoms with E-state index in [-0.39, 0.29) is 11.4 Å². The third-order valence-corrected chi connectivity index (χ3v) is 5.47. The number of hydrogen-bond acceptors (Lipinski definition) is 4. The highest BCUT2D eigenvalue weighted by atomic mass is 16.4. The van der Waals surface area contributed by atoms with Crippen LogP contribution in [0.1, 0.15) is 42.6 Å². The Kier molecular flexibility index (Phi) is 4.32. The maximum Gasteiger partial charge on any atom is 0.336 e. The van der Waals surface area contributed by atoms with E-state index in [1.807, 2.05) is 13.0 Å². The standard InChI is InChI=1S/C21H24N2O3/c1-3-14-10-16-15(11-21(25)26-20(16)12-19(14)24)13-23-9-5-7-18(23)17-6-4-8-22(17)2/h4,6,8,10-12,18,24H,3,5,7,9,13H2,1-2H3/t18-/m1/s1. The predicted octanol–water partition coefficient (Wildman–Crippen LogP) is 3.74. The molecular weight excluding hydrogens is 328 g/mol. The summed E-state index contributed by atoms with van der Waals surface area (Å²) in [5, 5.41) is 11.0. The van der Waals surface area contributed by atoms with Crippen LogP contribution < -0.4 is 5.63 Å². The van der Waals surface area contributed by atoms with E-state index in [2.05, 4.69) is 34.8 Å². The lowest BCUT2D eigenvalue weighted by Crippen LogP contribution is -2.24. The molecule has 3 aromatic rings. The molecule has 5 heteroatoms. The number of hydrogen-bond donors (Lipinski definition) is 1. The Hall–Kier alpha value is -2.53. The van der Waals surface area contributed by atoms with Gasteiger partial charge in [0.25, 0.3) is 0 Å². The Morgan fingerprint density at radius 1 is 1.27 bits per heavy atom. The summed E-state index contributed by atoms with van der Waals surface area (Å²) in [4.78, 5) is 14.5. The summed E-state index contributed by atoms with van der Waals surface area (Å²) in [7, 11) is 2.08. The van der Waals surface area contributed by atoms with Crippen LogP contribution in [0.3, 0.4) is 0 Å². The molecule has 0 bridgehead atoms. The van der Waals surface area contributed by atoms with E-state index in [4.69, 9.17) is 4.42 Å². The maximum atomic E-state index is 12.0. The summed E-state index contributed by atoms with van der Waals surface area (Å²) in [5.74, 6) is 0.183. The fraction of sp³-hybridized carbons (Fsp3) is 0.381. The first kappa shape index (κ1) is 16.9. The van der Waals surface area contributed by atoms with Crippen molar-refractivity contribution in [1.29, 1.82) is 0 Å². The minimum absolute atomic E-state index is 0.183. The zero-order chi connectivity index (χ0) is 18.3. The predicted molar refractivity (Wildman–Crippen MR) is 101 cm³/mol. The fourth-order valence-corrected chi connectivity index (χ4v) is 4.11. The van der Waals surface area contributed by atoms with Gasteiger partial charge in [-0.3, -0.25) is 4.90 Å². The van der Waals surface area contributed by atoms with E-state index in [0.29, 0.717) is 18.2 Å². The number of rotatable bonds is 4. The van der Waals surface area contributed by atoms with Crippen molar-refractivity contribution in [3.05, 3.63) is 63.8 Å². The van der Waals surface area contributed by atoms with Crippen molar-refractivity contribution in [2.75, 3.05) is 6.54 Å². The molecular formula is C21H24N2O3. The van der Waals surface area contributed by atoms with Crippen LogP contribution in [0.4, 0.5) is 0 Å². The summed E-state index contributed by atoms with van der Waals surface area (Å²) >= 11 is 0. The quantitative estimate of drug-likeness (QED) is 0.727. The van der Waals surface area contributed by atoms with Gasteiger partial charge in [-0.05, 0) is 55.1 Å². The molecule has 0 saturated carbocycles. The molecule has 2 aromatic heterocycles. The average Bonchev–Trinajstić information content (AvgIpc) is 3.22. The number of nitrogens with zero attached hydrogens (tertiary/aromatic N) is 2. The molecule has 0 spiro atoms. The van der Waals surface area contributed by atoms with E-state index in [1.54, 1.807) is 12.1 Å². The van der Waals surface area contributed by atoms with Crippen LogP contribution in [0.5, 0.6) is 5.75 Å². The summed E-state index contributed by atoms with van der Waals surface area (Å²) < 4.78 is 7.50. The maximum absolute atomic E-state index is 12.0. The minimum Gasteiger partial charge on any atom is -0.508 e. The van der Waals surface area contributed by atoms with Crippen LogP contribution >= 0.6 is 0 Å². The highest BCUT2D eigenvalue weighted by molar-refractivity contribution is 5.82. The highest BCUT2D eigenvalue weighted by Crippen LogP contribution is 2.35. The van der Waals surface area contributed by atoms with E-state index in [1.165, 1.54) is 5.69 Å². The smallest absolute Gasteiger partial charge is 0.336 e. The first-order valence-corrected chi connectivity index (χ1v) is 9.20. The van der Waals surface area contributed by atoms with Crippen LogP contribution in [-0.2, 0) is 20.0 Å². The number of likely N-dealkylation sites (tertiary alicyclic amines) is 1. The largest absolute Gasteiger partial charge is 0.508 e. The Morgan fingerprint density at radius 2 is 2.12 bits per heavy atom. The molecule has 3 heterocycles. The van der Waals surface area contributed by atoms with Crippen molar-refractivity contribution in [3.63, 3.8) is 0 Å². The van der Waals surface area contributed by atoms with Crippen molar-refractivity contribution in [2.45, 2.75) is 38.8 Å². The van der Waals surface area contributed by atoms with Crippen LogP contribution in [0.15, 0.2) is 45.7 Å².